The Kier molecular flexibility index (Phi) is 7.54. The summed E-state index contributed by atoms with van der Waals surface area (Å²) in [6, 6.07) is 9.38. The number of nitrogens with two attached hydrogens (primary N) is 2. The molecular formula is C24H17Cl4N3O4S. The van der Waals surface area contributed by atoms with Gasteiger partial charge in [-0.2, -0.15) is 0 Å². The highest BCUT2D eigenvalue weighted by atomic mass is 35.5. The van der Waals surface area contributed by atoms with Crippen LogP contribution in [-0.4, -0.2) is 23.1 Å². The molecule has 4 N–H and O–H groups in total. The fraction of sp³-hybridized carbons (Fsp3) is 0.125. The predicted octanol–water partition coefficient (Wildman–Crippen LogP) is 3.48. The van der Waals surface area contributed by atoms with Gasteiger partial charge < -0.3 is 16.2 Å². The molecule has 0 spiro atoms. The van der Waals surface area contributed by atoms with Crippen LogP contribution < -0.4 is 26.2 Å². The van der Waals surface area contributed by atoms with Crippen LogP contribution in [0.5, 0.6) is 0 Å². The van der Waals surface area contributed by atoms with E-state index in [-0.39, 0.29) is 37.8 Å². The fourth-order valence-corrected chi connectivity index (χ4v) is 6.06. The van der Waals surface area contributed by atoms with Crippen LogP contribution in [0.2, 0.25) is 20.1 Å². The predicted molar refractivity (Wildman–Crippen MR) is 144 cm³/mol. The number of primary amides is 1. The second kappa shape index (κ2) is 10.3. The molecule has 1 amide bonds. The molecule has 1 aliphatic rings. The fourth-order valence-electron chi connectivity index (χ4n) is 3.90. The van der Waals surface area contributed by atoms with Gasteiger partial charge in [0.05, 0.1) is 28.2 Å². The van der Waals surface area contributed by atoms with Crippen LogP contribution in [0.1, 0.15) is 24.0 Å². The van der Waals surface area contributed by atoms with Crippen molar-refractivity contribution >= 4 is 87.1 Å². The van der Waals surface area contributed by atoms with E-state index in [9.17, 15) is 14.4 Å². The number of benzene rings is 2. The first kappa shape index (κ1) is 26.3. The first-order valence-corrected chi connectivity index (χ1v) is 12.7. The molecule has 3 aromatic rings. The van der Waals surface area contributed by atoms with Crippen LogP contribution in [0, 0.1) is 0 Å². The van der Waals surface area contributed by atoms with Crippen LogP contribution in [0.3, 0.4) is 0 Å². The molecule has 0 saturated heterocycles. The minimum Gasteiger partial charge on any atom is -0.463 e. The van der Waals surface area contributed by atoms with Gasteiger partial charge in [-0.05, 0) is 48.4 Å². The first-order valence-electron chi connectivity index (χ1n) is 10.4. The smallest absolute Gasteiger partial charge is 0.338 e. The van der Waals surface area contributed by atoms with Gasteiger partial charge >= 0.3 is 5.97 Å². The lowest BCUT2D eigenvalue weighted by Gasteiger charge is -2.27. The van der Waals surface area contributed by atoms with Gasteiger partial charge in [-0.15, -0.1) is 11.3 Å². The summed E-state index contributed by atoms with van der Waals surface area (Å²) < 4.78 is 6.65. The maximum absolute atomic E-state index is 13.5. The number of nitrogens with zero attached hydrogens (tertiary/aromatic N) is 1. The van der Waals surface area contributed by atoms with Crippen molar-refractivity contribution in [2.45, 2.75) is 12.8 Å². The topological polar surface area (TPSA) is 117 Å². The number of halogens is 4. The second-order valence-electron chi connectivity index (χ2n) is 7.62. The van der Waals surface area contributed by atoms with Gasteiger partial charge in [0.1, 0.15) is 10.5 Å². The van der Waals surface area contributed by atoms with E-state index in [0.29, 0.717) is 26.2 Å². The summed E-state index contributed by atoms with van der Waals surface area (Å²) in [7, 11) is 0. The molecule has 12 heteroatoms. The van der Waals surface area contributed by atoms with Crippen LogP contribution >= 0.6 is 57.7 Å². The quantitative estimate of drug-likeness (QED) is 0.445. The largest absolute Gasteiger partial charge is 0.463 e. The van der Waals surface area contributed by atoms with Gasteiger partial charge in [0.15, 0.2) is 0 Å². The maximum Gasteiger partial charge on any atom is 0.338 e. The van der Waals surface area contributed by atoms with Crippen molar-refractivity contribution in [2.24, 2.45) is 11.5 Å². The van der Waals surface area contributed by atoms with E-state index in [1.54, 1.807) is 31.2 Å². The Hall–Kier alpha value is -2.75. The van der Waals surface area contributed by atoms with Crippen LogP contribution in [0.15, 0.2) is 46.8 Å². The molecule has 0 saturated carbocycles. The number of fused-ring (bicyclic) bond motifs is 1. The van der Waals surface area contributed by atoms with E-state index >= 15 is 0 Å². The van der Waals surface area contributed by atoms with E-state index in [2.05, 4.69) is 0 Å². The third-order valence-electron chi connectivity index (χ3n) is 5.43. The molecule has 7 nitrogen and oxygen atoms in total. The molecule has 36 heavy (non-hydrogen) atoms. The lowest BCUT2D eigenvalue weighted by Crippen LogP contribution is -2.42. The number of amides is 1. The Morgan fingerprint density at radius 1 is 1.06 bits per heavy atom. The van der Waals surface area contributed by atoms with Crippen molar-refractivity contribution in [1.82, 2.24) is 4.57 Å². The number of esters is 1. The second-order valence-corrected chi connectivity index (χ2v) is 10.3. The highest BCUT2D eigenvalue weighted by molar-refractivity contribution is 7.07. The molecule has 0 bridgehead atoms. The summed E-state index contributed by atoms with van der Waals surface area (Å²) in [5.41, 5.74) is 12.3. The molecule has 0 radical (unpaired) electrons. The highest BCUT2D eigenvalue weighted by Gasteiger charge is 2.39. The molecule has 0 aliphatic carbocycles. The summed E-state index contributed by atoms with van der Waals surface area (Å²) >= 11 is 25.8. The lowest BCUT2D eigenvalue weighted by atomic mass is 9.83. The number of carbonyl (C=O) groups excluding carboxylic acids is 2. The van der Waals surface area contributed by atoms with Crippen molar-refractivity contribution in [3.8, 4) is 0 Å². The molecule has 186 valence electrons. The zero-order valence-electron chi connectivity index (χ0n) is 18.5. The molecule has 4 rings (SSSR count). The summed E-state index contributed by atoms with van der Waals surface area (Å²) in [6.07, 6.45) is 1.54. The van der Waals surface area contributed by atoms with Gasteiger partial charge in [-0.25, -0.2) is 4.79 Å². The third-order valence-corrected chi connectivity index (χ3v) is 7.66. The average Bonchev–Trinajstić information content (AvgIpc) is 3.11. The molecule has 2 aromatic carbocycles. The Bertz CT molecular complexity index is 1640. The van der Waals surface area contributed by atoms with Gasteiger partial charge in [0, 0.05) is 20.1 Å². The number of rotatable bonds is 5. The first-order chi connectivity index (χ1) is 17.0. The van der Waals surface area contributed by atoms with E-state index in [0.717, 1.165) is 15.9 Å². The Morgan fingerprint density at radius 3 is 2.28 bits per heavy atom. The zero-order valence-corrected chi connectivity index (χ0v) is 22.3. The molecule has 1 aliphatic heterocycles. The van der Waals surface area contributed by atoms with Crippen molar-refractivity contribution in [1.29, 1.82) is 0 Å². The Labute approximate surface area is 228 Å². The summed E-state index contributed by atoms with van der Waals surface area (Å²) in [5, 5.41) is 1.27. The maximum atomic E-state index is 13.5. The number of ether oxygens (including phenoxy) is 1. The number of aromatic nitrogens is 1. The van der Waals surface area contributed by atoms with Crippen molar-refractivity contribution in [3.05, 3.63) is 92.7 Å². The molecule has 0 fully saturated rings. The monoisotopic (exact) mass is 583 g/mol. The molecule has 0 unspecified atom stereocenters. The van der Waals surface area contributed by atoms with Gasteiger partial charge in [-0.3, -0.25) is 14.2 Å². The van der Waals surface area contributed by atoms with Crippen molar-refractivity contribution in [3.63, 3.8) is 0 Å². The van der Waals surface area contributed by atoms with E-state index in [4.69, 9.17) is 62.6 Å². The lowest BCUT2D eigenvalue weighted by molar-refractivity contribution is -0.138. The van der Waals surface area contributed by atoms with E-state index < -0.39 is 23.4 Å². The summed E-state index contributed by atoms with van der Waals surface area (Å²) in [6.45, 7) is 1.65. The minimum atomic E-state index is -1.10. The SMILES string of the molecule is CCOC(=O)C1=C(N)n2c(s/c(=C\c3ccc(Cl)cc3Cl)c2=O)=C(C(N)=O)[C@@H]1c1ccc(Cl)cc1Cl. The zero-order chi connectivity index (χ0) is 26.3. The molecular weight excluding hydrogens is 568 g/mol. The van der Waals surface area contributed by atoms with E-state index in [1.807, 2.05) is 0 Å². The van der Waals surface area contributed by atoms with Gasteiger partial charge in [-0.1, -0.05) is 58.5 Å². The Morgan fingerprint density at radius 2 is 1.69 bits per heavy atom. The van der Waals surface area contributed by atoms with Crippen molar-refractivity contribution < 1.29 is 14.3 Å². The van der Waals surface area contributed by atoms with Crippen LogP contribution in [0.4, 0.5) is 0 Å². The van der Waals surface area contributed by atoms with Crippen molar-refractivity contribution in [2.75, 3.05) is 6.61 Å². The standard InChI is InChI=1S/C24H17Cl4N3O4S/c1-2-35-24(34)18-17(13-6-5-12(26)9-15(13)28)19(21(30)32)23-31(20(18)29)22(33)16(36-23)7-10-3-4-11(25)8-14(10)27/h3-9,17H,2,29H2,1H3,(H2,30,32)/b16-7-/t17-/m1/s1. The summed E-state index contributed by atoms with van der Waals surface area (Å²) in [5.74, 6) is -2.99. The summed E-state index contributed by atoms with van der Waals surface area (Å²) in [4.78, 5) is 39.4. The molecule has 1 aromatic heterocycles. The Balaban J connectivity index is 2.13. The minimum absolute atomic E-state index is 0.0298. The number of hydrogen-bond donors (Lipinski definition) is 2. The molecule has 1 atom stereocenters. The number of hydrogen-bond acceptors (Lipinski definition) is 6. The van der Waals surface area contributed by atoms with Crippen LogP contribution in [0.25, 0.3) is 17.5 Å². The number of carbonyl (C=O) groups is 2. The third kappa shape index (κ3) is 4.67. The van der Waals surface area contributed by atoms with Gasteiger partial charge in [0.2, 0.25) is 5.91 Å². The van der Waals surface area contributed by atoms with Gasteiger partial charge in [0.25, 0.3) is 5.56 Å². The normalized spacial score (nSPS) is 15.8. The van der Waals surface area contributed by atoms with E-state index in [1.165, 1.54) is 18.2 Å². The molecule has 2 heterocycles. The highest BCUT2D eigenvalue weighted by Crippen LogP contribution is 2.40. The van der Waals surface area contributed by atoms with Crippen LogP contribution in [-0.2, 0) is 14.3 Å². The average molecular weight is 585 g/mol. The number of thiazole rings is 1.